The van der Waals surface area contributed by atoms with Gasteiger partial charge < -0.3 is 10.5 Å². The molecule has 0 atom stereocenters. The first-order valence-corrected chi connectivity index (χ1v) is 7.60. The van der Waals surface area contributed by atoms with Crippen LogP contribution < -0.4 is 15.9 Å². The molecular weight excluding hydrogens is 300 g/mol. The Morgan fingerprint density at radius 1 is 1.41 bits per heavy atom. The molecule has 0 aliphatic heterocycles. The first kappa shape index (κ1) is 16.0. The third-order valence-electron chi connectivity index (χ3n) is 2.65. The standard InChI is InChI=1S/C15H18N4O2S/c1-9(2)21-12-6-4-11(5-7-12)8-17-19-14(20)13-10(3)18-15(16)22-13/h4-9H,1-3H3,(H2,16,18)(H,19,20)/b17-8-. The highest BCUT2D eigenvalue weighted by Gasteiger charge is 2.13. The van der Waals surface area contributed by atoms with E-state index in [1.54, 1.807) is 13.1 Å². The summed E-state index contributed by atoms with van der Waals surface area (Å²) in [5.74, 6) is 0.481. The van der Waals surface area contributed by atoms with Gasteiger partial charge in [0.25, 0.3) is 5.91 Å². The van der Waals surface area contributed by atoms with E-state index in [0.29, 0.717) is 15.7 Å². The fourth-order valence-electron chi connectivity index (χ4n) is 1.75. The van der Waals surface area contributed by atoms with Gasteiger partial charge in [-0.05, 0) is 50.6 Å². The van der Waals surface area contributed by atoms with Crippen LogP contribution >= 0.6 is 11.3 Å². The van der Waals surface area contributed by atoms with Crippen LogP contribution in [0.3, 0.4) is 0 Å². The summed E-state index contributed by atoms with van der Waals surface area (Å²) in [6.45, 7) is 5.68. The second kappa shape index (κ2) is 7.04. The summed E-state index contributed by atoms with van der Waals surface area (Å²) in [4.78, 5) is 16.4. The second-order valence-electron chi connectivity index (χ2n) is 4.90. The molecule has 0 unspecified atom stereocenters. The number of rotatable bonds is 5. The second-order valence-corrected chi connectivity index (χ2v) is 5.93. The van der Waals surface area contributed by atoms with Gasteiger partial charge in [0.2, 0.25) is 0 Å². The Morgan fingerprint density at radius 3 is 2.64 bits per heavy atom. The third kappa shape index (κ3) is 4.29. The van der Waals surface area contributed by atoms with Gasteiger partial charge in [-0.3, -0.25) is 4.79 Å². The number of hydrazone groups is 1. The molecule has 2 rings (SSSR count). The molecule has 1 amide bonds. The zero-order valence-corrected chi connectivity index (χ0v) is 13.5. The predicted octanol–water partition coefficient (Wildman–Crippen LogP) is 2.58. The molecular formula is C15H18N4O2S. The minimum atomic E-state index is -0.317. The minimum Gasteiger partial charge on any atom is -0.491 e. The van der Waals surface area contributed by atoms with Gasteiger partial charge in [-0.15, -0.1) is 0 Å². The minimum absolute atomic E-state index is 0.133. The molecule has 1 heterocycles. The summed E-state index contributed by atoms with van der Waals surface area (Å²) in [6.07, 6.45) is 1.70. The molecule has 1 aromatic carbocycles. The van der Waals surface area contributed by atoms with Crippen molar-refractivity contribution in [2.75, 3.05) is 5.73 Å². The van der Waals surface area contributed by atoms with Crippen molar-refractivity contribution in [1.82, 2.24) is 10.4 Å². The molecule has 0 saturated heterocycles. The number of thiazole rings is 1. The number of ether oxygens (including phenoxy) is 1. The van der Waals surface area contributed by atoms with E-state index in [1.165, 1.54) is 0 Å². The van der Waals surface area contributed by atoms with E-state index in [9.17, 15) is 4.79 Å². The third-order valence-corrected chi connectivity index (χ3v) is 3.64. The summed E-state index contributed by atoms with van der Waals surface area (Å²) in [5, 5.41) is 4.30. The molecule has 0 bridgehead atoms. The molecule has 0 aliphatic rings. The lowest BCUT2D eigenvalue weighted by atomic mass is 10.2. The highest BCUT2D eigenvalue weighted by atomic mass is 32.1. The maximum atomic E-state index is 11.9. The van der Waals surface area contributed by atoms with E-state index in [1.807, 2.05) is 38.1 Å². The number of aryl methyl sites for hydroxylation is 1. The average molecular weight is 318 g/mol. The Hall–Kier alpha value is -2.41. The number of hydrogen-bond donors (Lipinski definition) is 2. The number of nitrogens with zero attached hydrogens (tertiary/aromatic N) is 2. The van der Waals surface area contributed by atoms with Crippen LogP contribution in [0.1, 0.15) is 34.8 Å². The van der Waals surface area contributed by atoms with Crippen LogP contribution in [-0.2, 0) is 0 Å². The van der Waals surface area contributed by atoms with E-state index in [-0.39, 0.29) is 12.0 Å². The number of nitrogens with one attached hydrogen (secondary N) is 1. The fraction of sp³-hybridized carbons (Fsp3) is 0.267. The molecule has 0 aliphatic carbocycles. The number of carbonyl (C=O) groups excluding carboxylic acids is 1. The van der Waals surface area contributed by atoms with Crippen LogP contribution in [0, 0.1) is 6.92 Å². The monoisotopic (exact) mass is 318 g/mol. The number of hydrogen-bond acceptors (Lipinski definition) is 6. The lowest BCUT2D eigenvalue weighted by Crippen LogP contribution is -2.17. The van der Waals surface area contributed by atoms with Crippen LogP contribution in [0.4, 0.5) is 5.13 Å². The van der Waals surface area contributed by atoms with E-state index in [0.717, 1.165) is 22.6 Å². The topological polar surface area (TPSA) is 89.6 Å². The molecule has 3 N–H and O–H groups in total. The van der Waals surface area contributed by atoms with Gasteiger partial charge >= 0.3 is 0 Å². The lowest BCUT2D eigenvalue weighted by Gasteiger charge is -2.09. The average Bonchev–Trinajstić information content (AvgIpc) is 2.79. The van der Waals surface area contributed by atoms with Gasteiger partial charge in [-0.25, -0.2) is 10.4 Å². The van der Waals surface area contributed by atoms with Crippen molar-refractivity contribution in [3.05, 3.63) is 40.4 Å². The van der Waals surface area contributed by atoms with Crippen LogP contribution in [-0.4, -0.2) is 23.2 Å². The van der Waals surface area contributed by atoms with Crippen LogP contribution in [0.25, 0.3) is 0 Å². The van der Waals surface area contributed by atoms with Gasteiger partial charge in [0.1, 0.15) is 10.6 Å². The highest BCUT2D eigenvalue weighted by Crippen LogP contribution is 2.19. The predicted molar refractivity (Wildman–Crippen MR) is 88.5 cm³/mol. The Bertz CT molecular complexity index is 677. The van der Waals surface area contributed by atoms with Gasteiger partial charge in [-0.2, -0.15) is 5.10 Å². The fourth-order valence-corrected chi connectivity index (χ4v) is 2.47. The maximum Gasteiger partial charge on any atom is 0.283 e. The summed E-state index contributed by atoms with van der Waals surface area (Å²) >= 11 is 1.14. The number of carbonyl (C=O) groups is 1. The Morgan fingerprint density at radius 2 is 2.09 bits per heavy atom. The number of anilines is 1. The maximum absolute atomic E-state index is 11.9. The van der Waals surface area contributed by atoms with Crippen molar-refractivity contribution >= 4 is 28.6 Å². The van der Waals surface area contributed by atoms with Gasteiger partial charge in [0, 0.05) is 0 Å². The van der Waals surface area contributed by atoms with Crippen molar-refractivity contribution in [1.29, 1.82) is 0 Å². The van der Waals surface area contributed by atoms with Crippen molar-refractivity contribution < 1.29 is 9.53 Å². The Kier molecular flexibility index (Phi) is 5.11. The molecule has 116 valence electrons. The quantitative estimate of drug-likeness (QED) is 0.655. The van der Waals surface area contributed by atoms with E-state index >= 15 is 0 Å². The van der Waals surface area contributed by atoms with Crippen molar-refractivity contribution in [2.45, 2.75) is 26.9 Å². The SMILES string of the molecule is Cc1nc(N)sc1C(=O)N/N=C\c1ccc(OC(C)C)cc1. The van der Waals surface area contributed by atoms with Crippen molar-refractivity contribution in [3.8, 4) is 5.75 Å². The van der Waals surface area contributed by atoms with Crippen molar-refractivity contribution in [3.63, 3.8) is 0 Å². The number of amides is 1. The van der Waals surface area contributed by atoms with E-state index in [2.05, 4.69) is 15.5 Å². The summed E-state index contributed by atoms with van der Waals surface area (Å²) in [5.41, 5.74) is 9.49. The molecule has 1 aromatic heterocycles. The number of nitrogens with two attached hydrogens (primary N) is 1. The molecule has 0 saturated carbocycles. The largest absolute Gasteiger partial charge is 0.491 e. The molecule has 0 fully saturated rings. The van der Waals surface area contributed by atoms with Gasteiger partial charge in [-0.1, -0.05) is 11.3 Å². The van der Waals surface area contributed by atoms with Crippen LogP contribution in [0.15, 0.2) is 29.4 Å². The van der Waals surface area contributed by atoms with E-state index in [4.69, 9.17) is 10.5 Å². The Balaban J connectivity index is 1.94. The van der Waals surface area contributed by atoms with Gasteiger partial charge in [0.05, 0.1) is 18.0 Å². The molecule has 7 heteroatoms. The van der Waals surface area contributed by atoms with E-state index < -0.39 is 0 Å². The molecule has 22 heavy (non-hydrogen) atoms. The molecule has 0 radical (unpaired) electrons. The number of aromatic nitrogens is 1. The number of benzene rings is 1. The smallest absolute Gasteiger partial charge is 0.283 e. The van der Waals surface area contributed by atoms with Crippen LogP contribution in [0.2, 0.25) is 0 Å². The normalized spacial score (nSPS) is 11.1. The number of nitrogen functional groups attached to an aromatic ring is 1. The summed E-state index contributed by atoms with van der Waals surface area (Å²) in [6, 6.07) is 7.45. The van der Waals surface area contributed by atoms with Gasteiger partial charge in [0.15, 0.2) is 5.13 Å². The zero-order chi connectivity index (χ0) is 16.1. The first-order valence-electron chi connectivity index (χ1n) is 6.78. The zero-order valence-electron chi connectivity index (χ0n) is 12.7. The Labute approximate surface area is 133 Å². The van der Waals surface area contributed by atoms with Crippen LogP contribution in [0.5, 0.6) is 5.75 Å². The molecule has 0 spiro atoms. The molecule has 6 nitrogen and oxygen atoms in total. The summed E-state index contributed by atoms with van der Waals surface area (Å²) in [7, 11) is 0. The molecule has 2 aromatic rings. The first-order chi connectivity index (χ1) is 10.5. The lowest BCUT2D eigenvalue weighted by molar-refractivity contribution is 0.0958. The summed E-state index contributed by atoms with van der Waals surface area (Å²) < 4.78 is 5.55. The highest BCUT2D eigenvalue weighted by molar-refractivity contribution is 7.17. The van der Waals surface area contributed by atoms with Crippen molar-refractivity contribution in [2.24, 2.45) is 5.10 Å².